The Morgan fingerprint density at radius 2 is 1.91 bits per heavy atom. The maximum Gasteiger partial charge on any atom is 0.257 e. The molecule has 4 rings (SSSR count). The van der Waals surface area contributed by atoms with Gasteiger partial charge in [0.25, 0.3) is 5.91 Å². The SMILES string of the molecule is O=C(Nc1cccc(C2OC(CSCCO)CC(c3ccc(CO)cc3)O2)c1)c1cccnc1. The molecule has 1 amide bonds. The van der Waals surface area contributed by atoms with E-state index in [1.807, 2.05) is 48.5 Å². The van der Waals surface area contributed by atoms with Gasteiger partial charge in [0.2, 0.25) is 0 Å². The van der Waals surface area contributed by atoms with Crippen LogP contribution in [0.4, 0.5) is 5.69 Å². The average molecular weight is 481 g/mol. The van der Waals surface area contributed by atoms with E-state index in [0.717, 1.165) is 22.4 Å². The Balaban J connectivity index is 1.52. The van der Waals surface area contributed by atoms with E-state index in [4.69, 9.17) is 14.6 Å². The van der Waals surface area contributed by atoms with Crippen LogP contribution in [0.1, 0.15) is 45.9 Å². The van der Waals surface area contributed by atoms with Crippen molar-refractivity contribution in [2.24, 2.45) is 0 Å². The Kier molecular flexibility index (Phi) is 8.67. The van der Waals surface area contributed by atoms with Crippen LogP contribution in [0.3, 0.4) is 0 Å². The van der Waals surface area contributed by atoms with Gasteiger partial charge in [0.1, 0.15) is 0 Å². The molecular weight excluding hydrogens is 452 g/mol. The Labute approximate surface area is 203 Å². The molecule has 3 atom stereocenters. The van der Waals surface area contributed by atoms with E-state index < -0.39 is 6.29 Å². The summed E-state index contributed by atoms with van der Waals surface area (Å²) in [5.41, 5.74) is 3.78. The van der Waals surface area contributed by atoms with Gasteiger partial charge in [0, 0.05) is 41.6 Å². The average Bonchev–Trinajstić information content (AvgIpc) is 2.89. The number of thioether (sulfide) groups is 1. The van der Waals surface area contributed by atoms with Crippen LogP contribution < -0.4 is 5.32 Å². The molecule has 1 aliphatic heterocycles. The number of nitrogens with one attached hydrogen (secondary N) is 1. The Bertz CT molecular complexity index is 1060. The van der Waals surface area contributed by atoms with Crippen molar-refractivity contribution < 1.29 is 24.5 Å². The predicted octanol–water partition coefficient (Wildman–Crippen LogP) is 4.10. The maximum absolute atomic E-state index is 12.5. The highest BCUT2D eigenvalue weighted by Crippen LogP contribution is 2.39. The molecule has 0 radical (unpaired) electrons. The third kappa shape index (κ3) is 6.43. The fraction of sp³-hybridized carbons (Fsp3) is 0.308. The minimum absolute atomic E-state index is 0.00444. The number of benzene rings is 2. The summed E-state index contributed by atoms with van der Waals surface area (Å²) in [6.07, 6.45) is 2.98. The standard InChI is InChI=1S/C26H28N2O5S/c29-11-12-34-17-23-14-24(19-8-6-18(16-30)7-9-19)33-26(32-23)20-3-1-5-22(13-20)28-25(31)21-4-2-10-27-15-21/h1-10,13,15,23-24,26,29-30H,11-12,14,16-17H2,(H,28,31). The van der Waals surface area contributed by atoms with Crippen LogP contribution in [0.2, 0.25) is 0 Å². The second kappa shape index (κ2) is 12.1. The van der Waals surface area contributed by atoms with Crippen LogP contribution in [0, 0.1) is 0 Å². The van der Waals surface area contributed by atoms with Gasteiger partial charge in [-0.3, -0.25) is 9.78 Å². The summed E-state index contributed by atoms with van der Waals surface area (Å²) in [5.74, 6) is 1.15. The topological polar surface area (TPSA) is 101 Å². The highest BCUT2D eigenvalue weighted by atomic mass is 32.2. The van der Waals surface area contributed by atoms with E-state index in [1.165, 1.54) is 6.20 Å². The molecule has 2 heterocycles. The number of amides is 1. The lowest BCUT2D eigenvalue weighted by Crippen LogP contribution is -2.31. The molecule has 1 aliphatic rings. The first kappa shape index (κ1) is 24.4. The minimum atomic E-state index is -0.605. The number of hydrogen-bond acceptors (Lipinski definition) is 7. The predicted molar refractivity (Wildman–Crippen MR) is 131 cm³/mol. The molecule has 1 aromatic heterocycles. The summed E-state index contributed by atoms with van der Waals surface area (Å²) in [6, 6.07) is 18.6. The second-order valence-electron chi connectivity index (χ2n) is 7.97. The molecule has 0 spiro atoms. The number of anilines is 1. The lowest BCUT2D eigenvalue weighted by molar-refractivity contribution is -0.245. The molecule has 34 heavy (non-hydrogen) atoms. The zero-order valence-electron chi connectivity index (χ0n) is 18.7. The van der Waals surface area contributed by atoms with Crippen LogP contribution in [0.5, 0.6) is 0 Å². The molecule has 8 heteroatoms. The van der Waals surface area contributed by atoms with Crippen molar-refractivity contribution in [2.75, 3.05) is 23.4 Å². The zero-order valence-corrected chi connectivity index (χ0v) is 19.5. The molecule has 1 saturated heterocycles. The van der Waals surface area contributed by atoms with Gasteiger partial charge < -0.3 is 25.0 Å². The molecule has 1 fully saturated rings. The van der Waals surface area contributed by atoms with Crippen molar-refractivity contribution in [2.45, 2.75) is 31.5 Å². The van der Waals surface area contributed by atoms with E-state index in [9.17, 15) is 9.90 Å². The first-order valence-corrected chi connectivity index (χ1v) is 12.3. The zero-order chi connectivity index (χ0) is 23.8. The van der Waals surface area contributed by atoms with Crippen LogP contribution in [0.25, 0.3) is 0 Å². The van der Waals surface area contributed by atoms with E-state index in [0.29, 0.717) is 23.4 Å². The number of hydrogen-bond donors (Lipinski definition) is 3. The van der Waals surface area contributed by atoms with Gasteiger partial charge in [0.15, 0.2) is 6.29 Å². The highest BCUT2D eigenvalue weighted by molar-refractivity contribution is 7.99. The Hall–Kier alpha value is -2.75. The van der Waals surface area contributed by atoms with Crippen molar-refractivity contribution in [3.05, 3.63) is 95.3 Å². The van der Waals surface area contributed by atoms with Gasteiger partial charge in [-0.2, -0.15) is 11.8 Å². The van der Waals surface area contributed by atoms with Crippen LogP contribution in [-0.4, -0.2) is 45.3 Å². The fourth-order valence-electron chi connectivity index (χ4n) is 3.77. The van der Waals surface area contributed by atoms with Crippen molar-refractivity contribution in [1.29, 1.82) is 0 Å². The molecule has 3 unspecified atom stereocenters. The number of pyridine rings is 1. The van der Waals surface area contributed by atoms with Crippen molar-refractivity contribution in [1.82, 2.24) is 4.98 Å². The normalized spacial score (nSPS) is 20.1. The molecule has 3 N–H and O–H groups in total. The quantitative estimate of drug-likeness (QED) is 0.397. The number of aliphatic hydroxyl groups is 2. The van der Waals surface area contributed by atoms with Gasteiger partial charge >= 0.3 is 0 Å². The number of carbonyl (C=O) groups is 1. The van der Waals surface area contributed by atoms with Crippen LogP contribution in [-0.2, 0) is 16.1 Å². The van der Waals surface area contributed by atoms with Crippen molar-refractivity contribution in [3.63, 3.8) is 0 Å². The number of nitrogens with zero attached hydrogens (tertiary/aromatic N) is 1. The minimum Gasteiger partial charge on any atom is -0.396 e. The smallest absolute Gasteiger partial charge is 0.257 e. The highest BCUT2D eigenvalue weighted by Gasteiger charge is 2.32. The lowest BCUT2D eigenvalue weighted by atomic mass is 10.0. The largest absolute Gasteiger partial charge is 0.396 e. The first-order valence-electron chi connectivity index (χ1n) is 11.2. The summed E-state index contributed by atoms with van der Waals surface area (Å²) in [6.45, 7) is 0.123. The number of aliphatic hydroxyl groups excluding tert-OH is 2. The third-order valence-corrected chi connectivity index (χ3v) is 6.57. The summed E-state index contributed by atoms with van der Waals surface area (Å²) < 4.78 is 12.6. The molecule has 2 aromatic carbocycles. The lowest BCUT2D eigenvalue weighted by Gasteiger charge is -2.36. The maximum atomic E-state index is 12.5. The van der Waals surface area contributed by atoms with Crippen LogP contribution >= 0.6 is 11.8 Å². The van der Waals surface area contributed by atoms with Crippen molar-refractivity contribution >= 4 is 23.4 Å². The summed E-state index contributed by atoms with van der Waals surface area (Å²) in [7, 11) is 0. The van der Waals surface area contributed by atoms with E-state index in [-0.39, 0.29) is 31.3 Å². The number of ether oxygens (including phenoxy) is 2. The van der Waals surface area contributed by atoms with Gasteiger partial charge in [-0.25, -0.2) is 0 Å². The van der Waals surface area contributed by atoms with E-state index in [1.54, 1.807) is 30.1 Å². The number of aromatic nitrogens is 1. The summed E-state index contributed by atoms with van der Waals surface area (Å²) in [5, 5.41) is 21.4. The van der Waals surface area contributed by atoms with Gasteiger partial charge in [-0.15, -0.1) is 0 Å². The third-order valence-electron chi connectivity index (χ3n) is 5.49. The molecule has 0 saturated carbocycles. The summed E-state index contributed by atoms with van der Waals surface area (Å²) in [4.78, 5) is 16.5. The Morgan fingerprint density at radius 1 is 1.06 bits per heavy atom. The van der Waals surface area contributed by atoms with Crippen LogP contribution in [0.15, 0.2) is 73.1 Å². The molecule has 178 valence electrons. The molecule has 0 bridgehead atoms. The Morgan fingerprint density at radius 3 is 2.65 bits per heavy atom. The van der Waals surface area contributed by atoms with Crippen molar-refractivity contribution in [3.8, 4) is 0 Å². The van der Waals surface area contributed by atoms with Gasteiger partial charge in [-0.1, -0.05) is 36.4 Å². The van der Waals surface area contributed by atoms with Gasteiger partial charge in [-0.05, 0) is 35.4 Å². The molecule has 0 aliphatic carbocycles. The monoisotopic (exact) mass is 480 g/mol. The molecule has 3 aromatic rings. The molecule has 7 nitrogen and oxygen atoms in total. The number of carbonyl (C=O) groups excluding carboxylic acids is 1. The number of rotatable bonds is 9. The van der Waals surface area contributed by atoms with Gasteiger partial charge in [0.05, 0.1) is 31.0 Å². The van der Waals surface area contributed by atoms with E-state index in [2.05, 4.69) is 10.3 Å². The van der Waals surface area contributed by atoms with E-state index >= 15 is 0 Å². The molecular formula is C26H28N2O5S. The second-order valence-corrected chi connectivity index (χ2v) is 9.12. The summed E-state index contributed by atoms with van der Waals surface area (Å²) >= 11 is 1.64. The first-order chi connectivity index (χ1) is 16.7. The fourth-order valence-corrected chi connectivity index (χ4v) is 4.54.